The van der Waals surface area contributed by atoms with E-state index in [0.29, 0.717) is 5.56 Å². The van der Waals surface area contributed by atoms with Crippen LogP contribution in [0.15, 0.2) is 12.1 Å². The molecule has 0 aliphatic rings. The molecule has 0 atom stereocenters. The predicted molar refractivity (Wildman–Crippen MR) is 72.1 cm³/mol. The minimum Gasteiger partial charge on any atom is -0.541 e. The summed E-state index contributed by atoms with van der Waals surface area (Å²) in [5.74, 6) is -1.21. The lowest BCUT2D eigenvalue weighted by Gasteiger charge is -2.37. The maximum atomic E-state index is 13.8. The van der Waals surface area contributed by atoms with Gasteiger partial charge in [0.05, 0.1) is 0 Å². The van der Waals surface area contributed by atoms with E-state index in [2.05, 4.69) is 20.8 Å². The smallest absolute Gasteiger partial charge is 0.250 e. The van der Waals surface area contributed by atoms with Crippen molar-refractivity contribution in [3.8, 4) is 5.75 Å². The molecule has 2 N–H and O–H groups in total. The quantitative estimate of drug-likeness (QED) is 0.850. The maximum Gasteiger partial charge on any atom is 0.250 e. The first-order valence-corrected chi connectivity index (χ1v) is 8.86. The van der Waals surface area contributed by atoms with Gasteiger partial charge in [0, 0.05) is 18.2 Å². The van der Waals surface area contributed by atoms with Gasteiger partial charge >= 0.3 is 0 Å². The van der Waals surface area contributed by atoms with Crippen molar-refractivity contribution in [3.05, 3.63) is 29.3 Å². The van der Waals surface area contributed by atoms with Crippen LogP contribution in [0.3, 0.4) is 0 Å². The molecule has 0 saturated carbocycles. The molecule has 1 aromatic rings. The lowest BCUT2D eigenvalue weighted by atomic mass is 10.2. The van der Waals surface area contributed by atoms with Gasteiger partial charge in [-0.3, -0.25) is 0 Å². The lowest BCUT2D eigenvalue weighted by Crippen LogP contribution is -2.44. The molecule has 0 bridgehead atoms. The summed E-state index contributed by atoms with van der Waals surface area (Å²) < 4.78 is 32.8. The maximum absolute atomic E-state index is 13.8. The first kappa shape index (κ1) is 15.1. The average Bonchev–Trinajstić information content (AvgIpc) is 2.19. The lowest BCUT2D eigenvalue weighted by molar-refractivity contribution is 0.446. The summed E-state index contributed by atoms with van der Waals surface area (Å²) in [6.45, 7) is 10.2. The number of benzene rings is 1. The van der Waals surface area contributed by atoms with Crippen molar-refractivity contribution in [2.75, 3.05) is 0 Å². The van der Waals surface area contributed by atoms with Gasteiger partial charge in [0.1, 0.15) is 11.6 Å². The van der Waals surface area contributed by atoms with Crippen LogP contribution in [0.1, 0.15) is 26.3 Å². The number of hydrogen-bond donors (Lipinski definition) is 1. The van der Waals surface area contributed by atoms with Crippen molar-refractivity contribution in [2.24, 2.45) is 5.73 Å². The third kappa shape index (κ3) is 3.08. The standard InChI is InChI=1S/C13H21F2NOSi/c1-13(2,3)18(4,5)17-12-9(8-16)6-10(14)7-11(12)15/h6-7H,8,16H2,1-5H3. The van der Waals surface area contributed by atoms with Crippen molar-refractivity contribution in [1.29, 1.82) is 0 Å². The van der Waals surface area contributed by atoms with Gasteiger partial charge in [0.2, 0.25) is 0 Å². The summed E-state index contributed by atoms with van der Waals surface area (Å²) in [7, 11) is -2.16. The molecule has 0 radical (unpaired) electrons. The van der Waals surface area contributed by atoms with Gasteiger partial charge in [-0.05, 0) is 24.2 Å². The van der Waals surface area contributed by atoms with Crippen LogP contribution < -0.4 is 10.2 Å². The number of hydrogen-bond acceptors (Lipinski definition) is 2. The Labute approximate surface area is 108 Å². The summed E-state index contributed by atoms with van der Waals surface area (Å²) >= 11 is 0. The predicted octanol–water partition coefficient (Wildman–Crippen LogP) is 3.81. The second-order valence-corrected chi connectivity index (χ2v) is 10.7. The Bertz CT molecular complexity index is 441. The molecule has 0 heterocycles. The van der Waals surface area contributed by atoms with Crippen LogP contribution in [0.25, 0.3) is 0 Å². The van der Waals surface area contributed by atoms with Gasteiger partial charge < -0.3 is 10.2 Å². The van der Waals surface area contributed by atoms with E-state index in [1.165, 1.54) is 6.07 Å². The normalized spacial score (nSPS) is 12.7. The van der Waals surface area contributed by atoms with Gasteiger partial charge in [0.25, 0.3) is 8.32 Å². The van der Waals surface area contributed by atoms with Crippen molar-refractivity contribution in [3.63, 3.8) is 0 Å². The third-order valence-corrected chi connectivity index (χ3v) is 7.80. The zero-order valence-corrected chi connectivity index (χ0v) is 12.6. The summed E-state index contributed by atoms with van der Waals surface area (Å²) in [5.41, 5.74) is 5.89. The topological polar surface area (TPSA) is 35.2 Å². The van der Waals surface area contributed by atoms with Crippen LogP contribution in [-0.2, 0) is 6.54 Å². The van der Waals surface area contributed by atoms with Crippen LogP contribution in [0.2, 0.25) is 18.1 Å². The average molecular weight is 273 g/mol. The fourth-order valence-corrected chi connectivity index (χ4v) is 2.33. The van der Waals surface area contributed by atoms with Crippen molar-refractivity contribution < 1.29 is 13.2 Å². The van der Waals surface area contributed by atoms with E-state index in [0.717, 1.165) is 6.07 Å². The fraction of sp³-hybridized carbons (Fsp3) is 0.538. The molecule has 0 amide bonds. The molecule has 0 fully saturated rings. The largest absolute Gasteiger partial charge is 0.541 e. The highest BCUT2D eigenvalue weighted by molar-refractivity contribution is 6.74. The van der Waals surface area contributed by atoms with E-state index in [1.54, 1.807) is 0 Å². The van der Waals surface area contributed by atoms with Crippen molar-refractivity contribution >= 4 is 8.32 Å². The van der Waals surface area contributed by atoms with Gasteiger partial charge in [0.15, 0.2) is 5.82 Å². The molecular weight excluding hydrogens is 252 g/mol. The summed E-state index contributed by atoms with van der Waals surface area (Å²) in [5, 5.41) is -0.0559. The van der Waals surface area contributed by atoms with Gasteiger partial charge in [-0.15, -0.1) is 0 Å². The summed E-state index contributed by atoms with van der Waals surface area (Å²) in [4.78, 5) is 0. The number of halogens is 2. The van der Waals surface area contributed by atoms with Gasteiger partial charge in [-0.25, -0.2) is 8.78 Å². The monoisotopic (exact) mass is 273 g/mol. The number of nitrogens with two attached hydrogens (primary N) is 1. The second-order valence-electron chi connectivity index (χ2n) is 5.94. The molecule has 0 aliphatic carbocycles. The molecule has 102 valence electrons. The minimum absolute atomic E-state index is 0.0542. The summed E-state index contributed by atoms with van der Waals surface area (Å²) in [6.07, 6.45) is 0. The van der Waals surface area contributed by atoms with E-state index < -0.39 is 20.0 Å². The Balaban J connectivity index is 3.19. The van der Waals surface area contributed by atoms with Crippen LogP contribution in [0.4, 0.5) is 8.78 Å². The van der Waals surface area contributed by atoms with E-state index in [4.69, 9.17) is 10.2 Å². The second kappa shape index (κ2) is 4.97. The minimum atomic E-state index is -2.16. The van der Waals surface area contributed by atoms with E-state index >= 15 is 0 Å². The molecule has 1 rings (SSSR count). The van der Waals surface area contributed by atoms with Crippen molar-refractivity contribution in [2.45, 2.75) is 45.4 Å². The van der Waals surface area contributed by atoms with Crippen LogP contribution in [-0.4, -0.2) is 8.32 Å². The molecule has 18 heavy (non-hydrogen) atoms. The van der Waals surface area contributed by atoms with E-state index in [-0.39, 0.29) is 17.3 Å². The van der Waals surface area contributed by atoms with Gasteiger partial charge in [-0.2, -0.15) is 0 Å². The molecular formula is C13H21F2NOSi. The Morgan fingerprint density at radius 3 is 2.22 bits per heavy atom. The Morgan fingerprint density at radius 1 is 1.22 bits per heavy atom. The molecule has 0 aliphatic heterocycles. The molecule has 1 aromatic carbocycles. The highest BCUT2D eigenvalue weighted by Crippen LogP contribution is 2.39. The SMILES string of the molecule is CC(C)(C)[Si](C)(C)Oc1c(F)cc(F)cc1CN. The van der Waals surface area contributed by atoms with Crippen molar-refractivity contribution in [1.82, 2.24) is 0 Å². The molecule has 0 saturated heterocycles. The Kier molecular flexibility index (Phi) is 4.18. The molecule has 5 heteroatoms. The molecule has 2 nitrogen and oxygen atoms in total. The van der Waals surface area contributed by atoms with Crippen LogP contribution in [0.5, 0.6) is 5.75 Å². The highest BCUT2D eigenvalue weighted by Gasteiger charge is 2.40. The van der Waals surface area contributed by atoms with E-state index in [9.17, 15) is 8.78 Å². The Hall–Kier alpha value is -0.943. The molecule has 0 aromatic heterocycles. The first-order valence-electron chi connectivity index (χ1n) is 5.95. The number of rotatable bonds is 3. The van der Waals surface area contributed by atoms with Crippen LogP contribution >= 0.6 is 0 Å². The third-order valence-electron chi connectivity index (χ3n) is 3.47. The zero-order chi connectivity index (χ0) is 14.1. The van der Waals surface area contributed by atoms with Crippen LogP contribution in [0, 0.1) is 11.6 Å². The summed E-state index contributed by atoms with van der Waals surface area (Å²) in [6, 6.07) is 2.06. The fourth-order valence-electron chi connectivity index (χ4n) is 1.29. The highest BCUT2D eigenvalue weighted by atomic mass is 28.4. The Morgan fingerprint density at radius 2 is 1.78 bits per heavy atom. The van der Waals surface area contributed by atoms with E-state index in [1.807, 2.05) is 13.1 Å². The zero-order valence-electron chi connectivity index (χ0n) is 11.6. The molecule has 0 spiro atoms. The molecule has 0 unspecified atom stereocenters. The first-order chi connectivity index (χ1) is 8.08. The van der Waals surface area contributed by atoms with Gasteiger partial charge in [-0.1, -0.05) is 20.8 Å².